The van der Waals surface area contributed by atoms with E-state index in [-0.39, 0.29) is 0 Å². The Morgan fingerprint density at radius 3 is 2.88 bits per heavy atom. The molecule has 0 saturated heterocycles. The summed E-state index contributed by atoms with van der Waals surface area (Å²) in [4.78, 5) is 4.33. The van der Waals surface area contributed by atoms with Crippen LogP contribution in [0.3, 0.4) is 0 Å². The number of halogens is 1. The standard InChI is InChI=1S/C13H16BrN3/c1-10-9-16-13(17-10)15-8-2-3-11-4-6-12(14)7-5-11/h2-7,10H,8-9H2,1H3,(H2,15,16,17)/b3-2+. The van der Waals surface area contributed by atoms with Crippen molar-refractivity contribution < 1.29 is 0 Å². The summed E-state index contributed by atoms with van der Waals surface area (Å²) >= 11 is 3.42. The Kier molecular flexibility index (Phi) is 4.20. The Morgan fingerprint density at radius 2 is 2.24 bits per heavy atom. The Bertz CT molecular complexity index is 423. The van der Waals surface area contributed by atoms with E-state index in [1.807, 2.05) is 12.1 Å². The van der Waals surface area contributed by atoms with Gasteiger partial charge in [-0.2, -0.15) is 0 Å². The third-order valence-electron chi connectivity index (χ3n) is 2.47. The lowest BCUT2D eigenvalue weighted by molar-refractivity contribution is 0.717. The molecular formula is C13H16BrN3. The van der Waals surface area contributed by atoms with Gasteiger partial charge >= 0.3 is 0 Å². The van der Waals surface area contributed by atoms with Crippen molar-refractivity contribution in [2.75, 3.05) is 13.1 Å². The average Bonchev–Trinajstić information content (AvgIpc) is 2.73. The van der Waals surface area contributed by atoms with E-state index in [2.05, 4.69) is 62.8 Å². The second-order valence-electron chi connectivity index (χ2n) is 4.07. The molecule has 1 unspecified atom stereocenters. The van der Waals surface area contributed by atoms with Gasteiger partial charge in [-0.25, -0.2) is 0 Å². The highest BCUT2D eigenvalue weighted by Gasteiger charge is 2.10. The van der Waals surface area contributed by atoms with E-state index in [1.54, 1.807) is 0 Å². The molecule has 1 heterocycles. The molecule has 1 atom stereocenters. The minimum absolute atomic E-state index is 0.452. The van der Waals surface area contributed by atoms with Crippen LogP contribution >= 0.6 is 15.9 Å². The minimum atomic E-state index is 0.452. The zero-order valence-electron chi connectivity index (χ0n) is 9.78. The van der Waals surface area contributed by atoms with Gasteiger partial charge in [-0.1, -0.05) is 40.2 Å². The topological polar surface area (TPSA) is 36.4 Å². The van der Waals surface area contributed by atoms with Crippen LogP contribution in [0, 0.1) is 0 Å². The van der Waals surface area contributed by atoms with Crippen LogP contribution in [-0.2, 0) is 0 Å². The average molecular weight is 294 g/mol. The monoisotopic (exact) mass is 293 g/mol. The second kappa shape index (κ2) is 5.87. The van der Waals surface area contributed by atoms with Gasteiger partial charge in [0.25, 0.3) is 0 Å². The first-order chi connectivity index (χ1) is 8.24. The van der Waals surface area contributed by atoms with Crippen molar-refractivity contribution in [2.24, 2.45) is 4.99 Å². The zero-order valence-corrected chi connectivity index (χ0v) is 11.4. The summed E-state index contributed by atoms with van der Waals surface area (Å²) < 4.78 is 1.10. The van der Waals surface area contributed by atoms with Gasteiger partial charge in [-0.05, 0) is 24.6 Å². The summed E-state index contributed by atoms with van der Waals surface area (Å²) in [7, 11) is 0. The summed E-state index contributed by atoms with van der Waals surface area (Å²) in [6.07, 6.45) is 4.19. The summed E-state index contributed by atoms with van der Waals surface area (Å²) in [6, 6.07) is 8.68. The molecule has 3 nitrogen and oxygen atoms in total. The molecule has 2 rings (SSSR count). The van der Waals surface area contributed by atoms with Crippen molar-refractivity contribution in [1.82, 2.24) is 10.6 Å². The SMILES string of the molecule is CC1CN=C(NC/C=C/c2ccc(Br)cc2)N1. The molecule has 1 aromatic rings. The minimum Gasteiger partial charge on any atom is -0.353 e. The number of rotatable bonds is 3. The van der Waals surface area contributed by atoms with Crippen LogP contribution in [0.4, 0.5) is 0 Å². The number of nitrogens with zero attached hydrogens (tertiary/aromatic N) is 1. The Balaban J connectivity index is 1.76. The van der Waals surface area contributed by atoms with Gasteiger partial charge in [0, 0.05) is 17.1 Å². The molecule has 0 bridgehead atoms. The molecule has 0 amide bonds. The van der Waals surface area contributed by atoms with Gasteiger partial charge in [0.1, 0.15) is 0 Å². The van der Waals surface area contributed by atoms with Crippen molar-refractivity contribution in [2.45, 2.75) is 13.0 Å². The van der Waals surface area contributed by atoms with Crippen molar-refractivity contribution >= 4 is 28.0 Å². The molecule has 0 spiro atoms. The van der Waals surface area contributed by atoms with E-state index in [9.17, 15) is 0 Å². The summed E-state index contributed by atoms with van der Waals surface area (Å²) in [5, 5.41) is 6.50. The summed E-state index contributed by atoms with van der Waals surface area (Å²) in [5.41, 5.74) is 1.20. The van der Waals surface area contributed by atoms with E-state index in [0.29, 0.717) is 6.04 Å². The van der Waals surface area contributed by atoms with E-state index in [0.717, 1.165) is 23.5 Å². The van der Waals surface area contributed by atoms with E-state index in [1.165, 1.54) is 5.56 Å². The van der Waals surface area contributed by atoms with Crippen LogP contribution in [-0.4, -0.2) is 25.1 Å². The Labute approximate surface area is 110 Å². The maximum atomic E-state index is 4.33. The Hall–Kier alpha value is -1.29. The fraction of sp³-hybridized carbons (Fsp3) is 0.308. The van der Waals surface area contributed by atoms with Gasteiger partial charge < -0.3 is 10.6 Å². The van der Waals surface area contributed by atoms with Crippen LogP contribution in [0.15, 0.2) is 39.8 Å². The second-order valence-corrected chi connectivity index (χ2v) is 4.99. The lowest BCUT2D eigenvalue weighted by Crippen LogP contribution is -2.37. The lowest BCUT2D eigenvalue weighted by atomic mass is 10.2. The predicted octanol–water partition coefficient (Wildman–Crippen LogP) is 2.40. The molecule has 17 heavy (non-hydrogen) atoms. The smallest absolute Gasteiger partial charge is 0.191 e. The molecule has 90 valence electrons. The van der Waals surface area contributed by atoms with Crippen LogP contribution in [0.25, 0.3) is 6.08 Å². The molecule has 0 radical (unpaired) electrons. The quantitative estimate of drug-likeness (QED) is 0.898. The van der Waals surface area contributed by atoms with Crippen molar-refractivity contribution in [3.63, 3.8) is 0 Å². The number of aliphatic imine (C=N–C) groups is 1. The van der Waals surface area contributed by atoms with Gasteiger partial charge in [0.2, 0.25) is 0 Å². The van der Waals surface area contributed by atoms with E-state index in [4.69, 9.17) is 0 Å². The highest BCUT2D eigenvalue weighted by atomic mass is 79.9. The third-order valence-corrected chi connectivity index (χ3v) is 3.00. The number of hydrogen-bond acceptors (Lipinski definition) is 3. The van der Waals surface area contributed by atoms with Gasteiger partial charge in [0.15, 0.2) is 5.96 Å². The molecule has 4 heteroatoms. The first-order valence-corrected chi connectivity index (χ1v) is 6.50. The zero-order chi connectivity index (χ0) is 12.1. The number of guanidine groups is 1. The molecule has 1 aromatic carbocycles. The summed E-state index contributed by atoms with van der Waals surface area (Å²) in [5.74, 6) is 0.901. The summed E-state index contributed by atoms with van der Waals surface area (Å²) in [6.45, 7) is 3.77. The molecule has 2 N–H and O–H groups in total. The lowest BCUT2D eigenvalue weighted by Gasteiger charge is -2.06. The maximum absolute atomic E-state index is 4.33. The fourth-order valence-corrected chi connectivity index (χ4v) is 1.85. The van der Waals surface area contributed by atoms with E-state index < -0.39 is 0 Å². The molecular weight excluding hydrogens is 278 g/mol. The first kappa shape index (κ1) is 12.2. The van der Waals surface area contributed by atoms with Crippen molar-refractivity contribution in [3.8, 4) is 0 Å². The molecule has 1 aliphatic rings. The van der Waals surface area contributed by atoms with Crippen LogP contribution in [0.2, 0.25) is 0 Å². The van der Waals surface area contributed by atoms with Crippen LogP contribution in [0.5, 0.6) is 0 Å². The third kappa shape index (κ3) is 3.89. The fourth-order valence-electron chi connectivity index (χ4n) is 1.58. The van der Waals surface area contributed by atoms with Crippen molar-refractivity contribution in [1.29, 1.82) is 0 Å². The predicted molar refractivity (Wildman–Crippen MR) is 76.1 cm³/mol. The van der Waals surface area contributed by atoms with Gasteiger partial charge in [-0.3, -0.25) is 4.99 Å². The molecule has 0 aromatic heterocycles. The number of nitrogens with one attached hydrogen (secondary N) is 2. The normalized spacial score (nSPS) is 19.2. The molecule has 0 fully saturated rings. The van der Waals surface area contributed by atoms with Gasteiger partial charge in [-0.15, -0.1) is 0 Å². The van der Waals surface area contributed by atoms with Crippen molar-refractivity contribution in [3.05, 3.63) is 40.4 Å². The first-order valence-electron chi connectivity index (χ1n) is 5.71. The highest BCUT2D eigenvalue weighted by Crippen LogP contribution is 2.11. The number of benzene rings is 1. The van der Waals surface area contributed by atoms with E-state index >= 15 is 0 Å². The number of hydrogen-bond donors (Lipinski definition) is 2. The highest BCUT2D eigenvalue weighted by molar-refractivity contribution is 9.10. The van der Waals surface area contributed by atoms with Crippen LogP contribution < -0.4 is 10.6 Å². The molecule has 1 aliphatic heterocycles. The maximum Gasteiger partial charge on any atom is 0.191 e. The Morgan fingerprint density at radius 1 is 1.47 bits per heavy atom. The molecule has 0 aliphatic carbocycles. The van der Waals surface area contributed by atoms with Gasteiger partial charge in [0.05, 0.1) is 6.54 Å². The van der Waals surface area contributed by atoms with Crippen LogP contribution in [0.1, 0.15) is 12.5 Å². The molecule has 0 saturated carbocycles. The largest absolute Gasteiger partial charge is 0.353 e.